The minimum atomic E-state index is -3.57. The Kier molecular flexibility index (Phi) is 7.04. The minimum absolute atomic E-state index is 0.0932. The number of hydrogen-bond donors (Lipinski definition) is 1. The van der Waals surface area contributed by atoms with Crippen molar-refractivity contribution in [3.63, 3.8) is 0 Å². The van der Waals surface area contributed by atoms with Crippen molar-refractivity contribution in [1.82, 2.24) is 4.31 Å². The molecule has 1 saturated heterocycles. The molecule has 28 heavy (non-hydrogen) atoms. The molecule has 9 heteroatoms. The van der Waals surface area contributed by atoms with Crippen LogP contribution in [0.4, 0.5) is 5.69 Å². The Morgan fingerprint density at radius 1 is 1.11 bits per heavy atom. The molecule has 0 saturated carbocycles. The van der Waals surface area contributed by atoms with Crippen LogP contribution < -0.4 is 5.32 Å². The van der Waals surface area contributed by atoms with E-state index in [0.717, 1.165) is 4.47 Å². The van der Waals surface area contributed by atoms with Crippen molar-refractivity contribution in [2.75, 3.05) is 18.4 Å². The predicted octanol–water partition coefficient (Wildman–Crippen LogP) is 4.94. The zero-order chi connectivity index (χ0) is 20.3. The van der Waals surface area contributed by atoms with Crippen LogP contribution in [-0.2, 0) is 20.6 Å². The number of sulfonamides is 1. The lowest BCUT2D eigenvalue weighted by molar-refractivity contribution is -0.120. The van der Waals surface area contributed by atoms with E-state index in [0.29, 0.717) is 47.2 Å². The third kappa shape index (κ3) is 5.27. The molecule has 1 fully saturated rings. The molecule has 1 heterocycles. The smallest absolute Gasteiger partial charge is 0.227 e. The van der Waals surface area contributed by atoms with E-state index in [9.17, 15) is 13.2 Å². The third-order valence-corrected chi connectivity index (χ3v) is 7.71. The Bertz CT molecular complexity index is 957. The van der Waals surface area contributed by atoms with E-state index < -0.39 is 10.0 Å². The van der Waals surface area contributed by atoms with Crippen molar-refractivity contribution in [2.24, 2.45) is 5.92 Å². The zero-order valence-corrected chi connectivity index (χ0v) is 18.8. The van der Waals surface area contributed by atoms with Gasteiger partial charge in [0.15, 0.2) is 0 Å². The second-order valence-corrected chi connectivity index (χ2v) is 10.3. The third-order valence-electron chi connectivity index (χ3n) is 4.70. The fourth-order valence-electron chi connectivity index (χ4n) is 3.15. The van der Waals surface area contributed by atoms with Gasteiger partial charge in [0.05, 0.1) is 5.75 Å². The van der Waals surface area contributed by atoms with Crippen molar-refractivity contribution in [2.45, 2.75) is 18.6 Å². The summed E-state index contributed by atoms with van der Waals surface area (Å²) in [5, 5.41) is 3.55. The first-order chi connectivity index (χ1) is 13.3. The predicted molar refractivity (Wildman–Crippen MR) is 116 cm³/mol. The molecule has 1 N–H and O–H groups in total. The van der Waals surface area contributed by atoms with Gasteiger partial charge in [-0.15, -0.1) is 0 Å². The van der Waals surface area contributed by atoms with Gasteiger partial charge in [0.2, 0.25) is 15.9 Å². The highest BCUT2D eigenvalue weighted by atomic mass is 79.9. The van der Waals surface area contributed by atoms with Crippen molar-refractivity contribution < 1.29 is 13.2 Å². The minimum Gasteiger partial charge on any atom is -0.326 e. The van der Waals surface area contributed by atoms with Crippen molar-refractivity contribution in [1.29, 1.82) is 0 Å². The topological polar surface area (TPSA) is 66.5 Å². The maximum absolute atomic E-state index is 12.8. The average molecular weight is 506 g/mol. The molecule has 0 aliphatic carbocycles. The molecule has 0 spiro atoms. The van der Waals surface area contributed by atoms with Gasteiger partial charge in [-0.25, -0.2) is 12.7 Å². The van der Waals surface area contributed by atoms with Crippen LogP contribution in [0.3, 0.4) is 0 Å². The first-order valence-corrected chi connectivity index (χ1v) is 11.9. The molecule has 0 bridgehead atoms. The standard InChI is InChI=1S/C19H19BrCl2N2O3S/c20-14-3-1-4-15(11-14)23-19(25)13-7-9-24(10-8-13)28(26,27)12-16-17(21)5-2-6-18(16)22/h1-6,11,13H,7-10,12H2,(H,23,25). The second-order valence-electron chi connectivity index (χ2n) is 6.63. The number of carbonyl (C=O) groups excluding carboxylic acids is 1. The molecule has 1 aliphatic heterocycles. The Labute approximate surface area is 183 Å². The number of nitrogens with one attached hydrogen (secondary N) is 1. The number of halogens is 3. The van der Waals surface area contributed by atoms with Crippen molar-refractivity contribution in [3.05, 3.63) is 62.5 Å². The fourth-order valence-corrected chi connectivity index (χ4v) is 5.86. The molecule has 3 rings (SSSR count). The van der Waals surface area contributed by atoms with Gasteiger partial charge in [0, 0.05) is 44.8 Å². The summed E-state index contributed by atoms with van der Waals surface area (Å²) < 4.78 is 27.8. The van der Waals surface area contributed by atoms with E-state index in [1.54, 1.807) is 18.2 Å². The number of nitrogens with zero attached hydrogens (tertiary/aromatic N) is 1. The van der Waals surface area contributed by atoms with Crippen LogP contribution in [-0.4, -0.2) is 31.7 Å². The van der Waals surface area contributed by atoms with Crippen molar-refractivity contribution >= 4 is 60.7 Å². The molecular formula is C19H19BrCl2N2O3S. The molecule has 2 aromatic carbocycles. The molecule has 0 unspecified atom stereocenters. The SMILES string of the molecule is O=C(Nc1cccc(Br)c1)C1CCN(S(=O)(=O)Cc2c(Cl)cccc2Cl)CC1. The van der Waals surface area contributed by atoms with E-state index in [1.165, 1.54) is 4.31 Å². The normalized spacial score (nSPS) is 16.1. The van der Waals surface area contributed by atoms with Crippen LogP contribution in [0.1, 0.15) is 18.4 Å². The van der Waals surface area contributed by atoms with E-state index in [1.807, 2.05) is 24.3 Å². The number of hydrogen-bond acceptors (Lipinski definition) is 3. The molecule has 2 aromatic rings. The van der Waals surface area contributed by atoms with Crippen LogP contribution in [0.15, 0.2) is 46.9 Å². The van der Waals surface area contributed by atoms with Crippen LogP contribution in [0.2, 0.25) is 10.0 Å². The summed E-state index contributed by atoms with van der Waals surface area (Å²) in [5.41, 5.74) is 1.11. The van der Waals surface area contributed by atoms with E-state index in [4.69, 9.17) is 23.2 Å². The molecule has 0 radical (unpaired) electrons. The lowest BCUT2D eigenvalue weighted by Gasteiger charge is -2.30. The molecule has 150 valence electrons. The Morgan fingerprint density at radius 2 is 1.71 bits per heavy atom. The first kappa shape index (κ1) is 21.6. The number of piperidine rings is 1. The molecule has 1 aliphatic rings. The maximum atomic E-state index is 12.8. The molecule has 0 atom stereocenters. The van der Waals surface area contributed by atoms with E-state index in [-0.39, 0.29) is 17.6 Å². The van der Waals surface area contributed by atoms with Gasteiger partial charge in [-0.1, -0.05) is 51.3 Å². The highest BCUT2D eigenvalue weighted by molar-refractivity contribution is 9.10. The Hall–Kier alpha value is -1.12. The summed E-state index contributed by atoms with van der Waals surface area (Å²) in [7, 11) is -3.57. The number of anilines is 1. The highest BCUT2D eigenvalue weighted by Crippen LogP contribution is 2.29. The molecular weight excluding hydrogens is 487 g/mol. The highest BCUT2D eigenvalue weighted by Gasteiger charge is 2.32. The largest absolute Gasteiger partial charge is 0.326 e. The lowest BCUT2D eigenvalue weighted by atomic mass is 9.97. The fraction of sp³-hybridized carbons (Fsp3) is 0.316. The summed E-state index contributed by atoms with van der Waals surface area (Å²) in [5.74, 6) is -0.570. The average Bonchev–Trinajstić information content (AvgIpc) is 2.65. The van der Waals surface area contributed by atoms with Gasteiger partial charge in [0.1, 0.15) is 0 Å². The van der Waals surface area contributed by atoms with Gasteiger partial charge in [-0.2, -0.15) is 0 Å². The second kappa shape index (κ2) is 9.13. The molecule has 5 nitrogen and oxygen atoms in total. The van der Waals surface area contributed by atoms with Gasteiger partial charge in [0.25, 0.3) is 0 Å². The van der Waals surface area contributed by atoms with Gasteiger partial charge in [-0.3, -0.25) is 4.79 Å². The van der Waals surface area contributed by atoms with E-state index in [2.05, 4.69) is 21.2 Å². The van der Waals surface area contributed by atoms with Gasteiger partial charge < -0.3 is 5.32 Å². The summed E-state index contributed by atoms with van der Waals surface area (Å²) in [6, 6.07) is 12.3. The number of benzene rings is 2. The van der Waals surface area contributed by atoms with Crippen LogP contribution in [0, 0.1) is 5.92 Å². The Morgan fingerprint density at radius 3 is 2.32 bits per heavy atom. The summed E-state index contributed by atoms with van der Waals surface area (Å²) in [6.07, 6.45) is 0.935. The van der Waals surface area contributed by atoms with Crippen LogP contribution in [0.25, 0.3) is 0 Å². The lowest BCUT2D eigenvalue weighted by Crippen LogP contribution is -2.41. The quantitative estimate of drug-likeness (QED) is 0.626. The molecule has 0 aromatic heterocycles. The maximum Gasteiger partial charge on any atom is 0.227 e. The van der Waals surface area contributed by atoms with Crippen molar-refractivity contribution in [3.8, 4) is 0 Å². The number of rotatable bonds is 5. The van der Waals surface area contributed by atoms with E-state index >= 15 is 0 Å². The summed E-state index contributed by atoms with van der Waals surface area (Å²) >= 11 is 15.6. The number of amides is 1. The van der Waals surface area contributed by atoms with Gasteiger partial charge >= 0.3 is 0 Å². The summed E-state index contributed by atoms with van der Waals surface area (Å²) in [4.78, 5) is 12.5. The van der Waals surface area contributed by atoms with Crippen LogP contribution >= 0.6 is 39.1 Å². The zero-order valence-electron chi connectivity index (χ0n) is 14.9. The monoisotopic (exact) mass is 504 g/mol. The Balaban J connectivity index is 1.60. The molecule has 1 amide bonds. The first-order valence-electron chi connectivity index (χ1n) is 8.73. The van der Waals surface area contributed by atoms with Gasteiger partial charge in [-0.05, 0) is 43.2 Å². The summed E-state index contributed by atoms with van der Waals surface area (Å²) in [6.45, 7) is 0.585. The number of carbonyl (C=O) groups is 1. The van der Waals surface area contributed by atoms with Crippen LogP contribution in [0.5, 0.6) is 0 Å².